The summed E-state index contributed by atoms with van der Waals surface area (Å²) in [5.74, 6) is 0.314. The van der Waals surface area contributed by atoms with Crippen LogP contribution in [-0.2, 0) is 24.8 Å². The first-order valence-electron chi connectivity index (χ1n) is 12.7. The van der Waals surface area contributed by atoms with E-state index >= 15 is 0 Å². The molecule has 0 spiro atoms. The smallest absolute Gasteiger partial charge is 0.330 e. The summed E-state index contributed by atoms with van der Waals surface area (Å²) < 4.78 is 3.49. The highest BCUT2D eigenvalue weighted by atomic mass is 16.2. The molecule has 1 fully saturated rings. The fourth-order valence-electron chi connectivity index (χ4n) is 5.16. The van der Waals surface area contributed by atoms with E-state index in [1.165, 1.54) is 0 Å². The number of nitrogens with zero attached hydrogens (tertiary/aromatic N) is 4. The van der Waals surface area contributed by atoms with E-state index in [2.05, 4.69) is 51.0 Å². The van der Waals surface area contributed by atoms with E-state index in [0.717, 1.165) is 41.8 Å². The predicted molar refractivity (Wildman–Crippen MR) is 139 cm³/mol. The van der Waals surface area contributed by atoms with Crippen LogP contribution in [0.15, 0.2) is 41.3 Å². The lowest BCUT2D eigenvalue weighted by atomic mass is 9.68. The Kier molecular flexibility index (Phi) is 6.89. The summed E-state index contributed by atoms with van der Waals surface area (Å²) in [5.41, 5.74) is 3.54. The summed E-state index contributed by atoms with van der Waals surface area (Å²) in [6.45, 7) is 11.5. The molecule has 2 atom stereocenters. The van der Waals surface area contributed by atoms with Gasteiger partial charge < -0.3 is 5.32 Å². The van der Waals surface area contributed by atoms with Crippen molar-refractivity contribution in [1.29, 1.82) is 0 Å². The maximum Gasteiger partial charge on any atom is 0.330 e. The number of carbonyl (C=O) groups is 1. The summed E-state index contributed by atoms with van der Waals surface area (Å²) >= 11 is 0. The maximum absolute atomic E-state index is 12.9. The van der Waals surface area contributed by atoms with E-state index in [4.69, 9.17) is 4.98 Å². The van der Waals surface area contributed by atoms with Crippen LogP contribution in [0.4, 0.5) is 0 Å². The van der Waals surface area contributed by atoms with Crippen LogP contribution in [0.25, 0.3) is 11.2 Å². The van der Waals surface area contributed by atoms with Crippen LogP contribution >= 0.6 is 0 Å². The van der Waals surface area contributed by atoms with Gasteiger partial charge in [0.15, 0.2) is 5.65 Å². The van der Waals surface area contributed by atoms with E-state index in [1.54, 1.807) is 17.8 Å². The first-order valence-corrected chi connectivity index (χ1v) is 12.7. The molecular weight excluding hydrogens is 438 g/mol. The van der Waals surface area contributed by atoms with Crippen molar-refractivity contribution < 1.29 is 4.79 Å². The molecule has 7 nitrogen and oxygen atoms in total. The van der Waals surface area contributed by atoms with Crippen LogP contribution in [-0.4, -0.2) is 31.1 Å². The summed E-state index contributed by atoms with van der Waals surface area (Å²) in [4.78, 5) is 35.0. The second-order valence-corrected chi connectivity index (χ2v) is 12.0. The standard InChI is InChI=1S/C28H39N5O2/c1-27(2,3)18-33-22-12-11-21(30-25(22)32(6)26(33)35)19-14-15-28(4,5)23(17-19)31-24(34)13-10-20-9-7-8-16-29-20/h7-9,11-12,16,19,23H,10,13-15,17-18H2,1-6H3,(H,31,34). The Balaban J connectivity index is 1.51. The Hall–Kier alpha value is -2.96. The van der Waals surface area contributed by atoms with Crippen LogP contribution in [0.3, 0.4) is 0 Å². The molecule has 1 aliphatic carbocycles. The third kappa shape index (κ3) is 5.65. The number of rotatable bonds is 6. The summed E-state index contributed by atoms with van der Waals surface area (Å²) in [6.07, 6.45) is 5.70. The minimum Gasteiger partial charge on any atom is -0.353 e. The Labute approximate surface area is 208 Å². The molecule has 0 bridgehead atoms. The van der Waals surface area contributed by atoms with Crippen LogP contribution < -0.4 is 11.0 Å². The van der Waals surface area contributed by atoms with E-state index in [9.17, 15) is 9.59 Å². The van der Waals surface area contributed by atoms with Gasteiger partial charge in [0.25, 0.3) is 0 Å². The van der Waals surface area contributed by atoms with Gasteiger partial charge in [-0.25, -0.2) is 9.78 Å². The SMILES string of the molecule is Cn1c(=O)n(CC(C)(C)C)c2ccc(C3CCC(C)(C)C(NC(=O)CCc4ccccn4)C3)nc21. The van der Waals surface area contributed by atoms with Gasteiger partial charge in [-0.15, -0.1) is 0 Å². The van der Waals surface area contributed by atoms with Gasteiger partial charge in [0.1, 0.15) is 0 Å². The second kappa shape index (κ2) is 9.59. The van der Waals surface area contributed by atoms with Gasteiger partial charge in [0.2, 0.25) is 5.91 Å². The van der Waals surface area contributed by atoms with Gasteiger partial charge in [-0.3, -0.25) is 18.9 Å². The molecule has 3 aromatic rings. The van der Waals surface area contributed by atoms with Gasteiger partial charge in [0, 0.05) is 49.6 Å². The van der Waals surface area contributed by atoms with Gasteiger partial charge in [-0.2, -0.15) is 0 Å². The third-order valence-electron chi connectivity index (χ3n) is 7.32. The molecule has 0 radical (unpaired) electrons. The first-order chi connectivity index (χ1) is 16.4. The normalized spacial score (nSPS) is 20.2. The number of aryl methyl sites for hydroxylation is 2. The zero-order valence-electron chi connectivity index (χ0n) is 22.0. The largest absolute Gasteiger partial charge is 0.353 e. The number of hydrogen-bond donors (Lipinski definition) is 1. The molecule has 1 saturated carbocycles. The van der Waals surface area contributed by atoms with E-state index in [-0.39, 0.29) is 34.4 Å². The number of pyridine rings is 2. The summed E-state index contributed by atoms with van der Waals surface area (Å²) in [6, 6.07) is 9.99. The number of fused-ring (bicyclic) bond motifs is 1. The fourth-order valence-corrected chi connectivity index (χ4v) is 5.16. The maximum atomic E-state index is 12.9. The number of nitrogens with one attached hydrogen (secondary N) is 1. The molecule has 3 aromatic heterocycles. The van der Waals surface area contributed by atoms with Crippen LogP contribution in [0.5, 0.6) is 0 Å². The van der Waals surface area contributed by atoms with Gasteiger partial charge in [-0.05, 0) is 60.8 Å². The lowest BCUT2D eigenvalue weighted by Crippen LogP contribution is -2.48. The van der Waals surface area contributed by atoms with E-state index in [0.29, 0.717) is 19.4 Å². The topological polar surface area (TPSA) is 81.8 Å². The molecule has 2 unspecified atom stereocenters. The molecule has 1 aliphatic rings. The predicted octanol–water partition coefficient (Wildman–Crippen LogP) is 4.59. The number of amides is 1. The van der Waals surface area contributed by atoms with E-state index in [1.807, 2.05) is 28.8 Å². The highest BCUT2D eigenvalue weighted by Gasteiger charge is 2.38. The number of carbonyl (C=O) groups excluding carboxylic acids is 1. The van der Waals surface area contributed by atoms with Crippen molar-refractivity contribution in [3.63, 3.8) is 0 Å². The zero-order chi connectivity index (χ0) is 25.4. The van der Waals surface area contributed by atoms with Crippen molar-refractivity contribution in [3.8, 4) is 0 Å². The second-order valence-electron chi connectivity index (χ2n) is 12.0. The van der Waals surface area contributed by atoms with Crippen LogP contribution in [0.2, 0.25) is 0 Å². The Morgan fingerprint density at radius 2 is 1.97 bits per heavy atom. The van der Waals surface area contributed by atoms with Crippen molar-refractivity contribution in [2.24, 2.45) is 17.9 Å². The molecule has 1 N–H and O–H groups in total. The summed E-state index contributed by atoms with van der Waals surface area (Å²) in [7, 11) is 1.80. The highest BCUT2D eigenvalue weighted by molar-refractivity contribution is 5.76. The fraction of sp³-hybridized carbons (Fsp3) is 0.571. The Morgan fingerprint density at radius 3 is 2.66 bits per heavy atom. The van der Waals surface area contributed by atoms with Gasteiger partial charge in [-0.1, -0.05) is 40.7 Å². The zero-order valence-corrected chi connectivity index (χ0v) is 22.0. The van der Waals surface area contributed by atoms with Crippen molar-refractivity contribution in [2.45, 2.75) is 85.2 Å². The first kappa shape index (κ1) is 25.1. The molecule has 3 heterocycles. The quantitative estimate of drug-likeness (QED) is 0.563. The molecular formula is C28H39N5O2. The molecule has 4 rings (SSSR count). The van der Waals surface area contributed by atoms with Crippen molar-refractivity contribution in [3.05, 3.63) is 58.4 Å². The minimum atomic E-state index is -0.0256. The van der Waals surface area contributed by atoms with Gasteiger partial charge in [0.05, 0.1) is 5.52 Å². The molecule has 7 heteroatoms. The molecule has 0 aromatic carbocycles. The lowest BCUT2D eigenvalue weighted by molar-refractivity contribution is -0.123. The van der Waals surface area contributed by atoms with Crippen molar-refractivity contribution in [2.75, 3.05) is 0 Å². The monoisotopic (exact) mass is 477 g/mol. The third-order valence-corrected chi connectivity index (χ3v) is 7.32. The average molecular weight is 478 g/mol. The average Bonchev–Trinajstić information content (AvgIpc) is 3.03. The lowest BCUT2D eigenvalue weighted by Gasteiger charge is -2.42. The number of imidazole rings is 1. The molecule has 0 saturated heterocycles. The van der Waals surface area contributed by atoms with Crippen LogP contribution in [0.1, 0.15) is 77.6 Å². The van der Waals surface area contributed by atoms with Crippen molar-refractivity contribution in [1.82, 2.24) is 24.4 Å². The van der Waals surface area contributed by atoms with E-state index < -0.39 is 0 Å². The molecule has 1 amide bonds. The minimum absolute atomic E-state index is 0.00621. The Morgan fingerprint density at radius 1 is 1.20 bits per heavy atom. The Bertz CT molecular complexity index is 1250. The van der Waals surface area contributed by atoms with Gasteiger partial charge >= 0.3 is 5.69 Å². The van der Waals surface area contributed by atoms with Crippen LogP contribution in [0, 0.1) is 10.8 Å². The molecule has 0 aliphatic heterocycles. The van der Waals surface area contributed by atoms with Crippen molar-refractivity contribution >= 4 is 17.1 Å². The highest BCUT2D eigenvalue weighted by Crippen LogP contribution is 2.42. The summed E-state index contributed by atoms with van der Waals surface area (Å²) in [5, 5.41) is 3.31. The number of aromatic nitrogens is 4. The molecule has 188 valence electrons. The molecule has 35 heavy (non-hydrogen) atoms. The number of hydrogen-bond acceptors (Lipinski definition) is 4.